The Bertz CT molecular complexity index is 358. The summed E-state index contributed by atoms with van der Waals surface area (Å²) in [5, 5.41) is 8.61. The Morgan fingerprint density at radius 3 is 3.00 bits per heavy atom. The second-order valence-corrected chi connectivity index (χ2v) is 4.95. The van der Waals surface area contributed by atoms with E-state index in [-0.39, 0.29) is 0 Å². The maximum atomic E-state index is 5.65. The number of ether oxygens (including phenoxy) is 1. The van der Waals surface area contributed by atoms with Crippen LogP contribution in [0.4, 0.5) is 0 Å². The molecular formula is C13H24N4O. The number of nitrogens with zero attached hydrogens (tertiary/aromatic N) is 3. The summed E-state index contributed by atoms with van der Waals surface area (Å²) in [7, 11) is 0. The lowest BCUT2D eigenvalue weighted by Gasteiger charge is -2.12. The summed E-state index contributed by atoms with van der Waals surface area (Å²) in [4.78, 5) is 0. The van der Waals surface area contributed by atoms with Crippen molar-refractivity contribution in [3.63, 3.8) is 0 Å². The second-order valence-electron chi connectivity index (χ2n) is 4.95. The van der Waals surface area contributed by atoms with Gasteiger partial charge in [0, 0.05) is 25.5 Å². The van der Waals surface area contributed by atoms with E-state index < -0.39 is 0 Å². The molecule has 0 aliphatic carbocycles. The van der Waals surface area contributed by atoms with Crippen LogP contribution in [-0.4, -0.2) is 34.8 Å². The lowest BCUT2D eigenvalue weighted by molar-refractivity contribution is 0.193. The van der Waals surface area contributed by atoms with Crippen LogP contribution in [0.25, 0.3) is 0 Å². The number of rotatable bonds is 7. The number of hydrogen-bond donors (Lipinski definition) is 1. The molecule has 1 aliphatic heterocycles. The third kappa shape index (κ3) is 3.09. The van der Waals surface area contributed by atoms with Crippen LogP contribution >= 0.6 is 0 Å². The topological polar surface area (TPSA) is 66.0 Å². The molecule has 5 nitrogen and oxygen atoms in total. The summed E-state index contributed by atoms with van der Waals surface area (Å²) < 4.78 is 7.58. The standard InChI is InChI=1S/C13H24N4O/c1-2-3-4-8-17-13(11-6-9-18-10-11)12(5-7-14)15-16-17/h11H,2-10,14H2,1H3. The fraction of sp³-hybridized carbons (Fsp3) is 0.846. The van der Waals surface area contributed by atoms with Gasteiger partial charge in [-0.1, -0.05) is 25.0 Å². The monoisotopic (exact) mass is 252 g/mol. The molecule has 5 heteroatoms. The Morgan fingerprint density at radius 1 is 1.44 bits per heavy atom. The summed E-state index contributed by atoms with van der Waals surface area (Å²) in [6.07, 6.45) is 5.54. The van der Waals surface area contributed by atoms with Crippen LogP contribution in [0.15, 0.2) is 0 Å². The van der Waals surface area contributed by atoms with E-state index in [4.69, 9.17) is 10.5 Å². The van der Waals surface area contributed by atoms with Gasteiger partial charge in [-0.05, 0) is 19.4 Å². The molecule has 0 bridgehead atoms. The van der Waals surface area contributed by atoms with Crippen molar-refractivity contribution < 1.29 is 4.74 Å². The molecule has 1 aromatic heterocycles. The Hall–Kier alpha value is -0.940. The van der Waals surface area contributed by atoms with Gasteiger partial charge in [-0.3, -0.25) is 0 Å². The van der Waals surface area contributed by atoms with Gasteiger partial charge in [0.15, 0.2) is 0 Å². The molecule has 2 N–H and O–H groups in total. The fourth-order valence-corrected chi connectivity index (χ4v) is 2.54. The Kier molecular flexibility index (Phi) is 5.13. The molecule has 0 amide bonds. The lowest BCUT2D eigenvalue weighted by Crippen LogP contribution is -2.13. The quantitative estimate of drug-likeness (QED) is 0.746. The van der Waals surface area contributed by atoms with E-state index >= 15 is 0 Å². The van der Waals surface area contributed by atoms with Crippen molar-refractivity contribution in [2.75, 3.05) is 19.8 Å². The van der Waals surface area contributed by atoms with E-state index in [0.717, 1.165) is 38.3 Å². The first-order chi connectivity index (χ1) is 8.86. The van der Waals surface area contributed by atoms with Crippen LogP contribution in [-0.2, 0) is 17.7 Å². The molecule has 0 aromatic carbocycles. The second kappa shape index (κ2) is 6.85. The third-order valence-corrected chi connectivity index (χ3v) is 3.52. The molecule has 1 unspecified atom stereocenters. The number of unbranched alkanes of at least 4 members (excludes halogenated alkanes) is 2. The van der Waals surface area contributed by atoms with Crippen molar-refractivity contribution in [2.24, 2.45) is 5.73 Å². The van der Waals surface area contributed by atoms with Gasteiger partial charge in [0.05, 0.1) is 18.0 Å². The van der Waals surface area contributed by atoms with Crippen molar-refractivity contribution in [1.82, 2.24) is 15.0 Å². The van der Waals surface area contributed by atoms with E-state index in [1.807, 2.05) is 0 Å². The fourth-order valence-electron chi connectivity index (χ4n) is 2.54. The first kappa shape index (κ1) is 13.5. The van der Waals surface area contributed by atoms with Gasteiger partial charge in [0.2, 0.25) is 0 Å². The molecule has 2 heterocycles. The molecule has 2 rings (SSSR count). The molecule has 1 fully saturated rings. The maximum Gasteiger partial charge on any atom is 0.0875 e. The van der Waals surface area contributed by atoms with Gasteiger partial charge in [0.1, 0.15) is 0 Å². The van der Waals surface area contributed by atoms with Gasteiger partial charge in [-0.25, -0.2) is 4.68 Å². The van der Waals surface area contributed by atoms with Crippen LogP contribution in [0.5, 0.6) is 0 Å². The number of hydrogen-bond acceptors (Lipinski definition) is 4. The molecule has 1 aromatic rings. The van der Waals surface area contributed by atoms with E-state index in [1.165, 1.54) is 25.0 Å². The zero-order chi connectivity index (χ0) is 12.8. The maximum absolute atomic E-state index is 5.65. The highest BCUT2D eigenvalue weighted by Crippen LogP contribution is 2.27. The Balaban J connectivity index is 2.11. The van der Waals surface area contributed by atoms with E-state index in [1.54, 1.807) is 0 Å². The summed E-state index contributed by atoms with van der Waals surface area (Å²) in [6, 6.07) is 0. The van der Waals surface area contributed by atoms with Gasteiger partial charge in [0.25, 0.3) is 0 Å². The molecule has 1 saturated heterocycles. The molecule has 1 atom stereocenters. The molecule has 18 heavy (non-hydrogen) atoms. The largest absolute Gasteiger partial charge is 0.381 e. The Labute approximate surface area is 109 Å². The lowest BCUT2D eigenvalue weighted by atomic mass is 10.0. The van der Waals surface area contributed by atoms with Crippen LogP contribution < -0.4 is 5.73 Å². The zero-order valence-electron chi connectivity index (χ0n) is 11.3. The van der Waals surface area contributed by atoms with Gasteiger partial charge in [-0.15, -0.1) is 5.10 Å². The average molecular weight is 252 g/mol. The molecule has 0 radical (unpaired) electrons. The first-order valence-corrected chi connectivity index (χ1v) is 7.06. The predicted molar refractivity (Wildman–Crippen MR) is 70.5 cm³/mol. The van der Waals surface area contributed by atoms with Crippen molar-refractivity contribution >= 4 is 0 Å². The van der Waals surface area contributed by atoms with Gasteiger partial charge < -0.3 is 10.5 Å². The van der Waals surface area contributed by atoms with Gasteiger partial charge in [-0.2, -0.15) is 0 Å². The average Bonchev–Trinajstić information content (AvgIpc) is 2.99. The van der Waals surface area contributed by atoms with Gasteiger partial charge >= 0.3 is 0 Å². The van der Waals surface area contributed by atoms with Crippen molar-refractivity contribution in [3.05, 3.63) is 11.4 Å². The van der Waals surface area contributed by atoms with E-state index in [2.05, 4.69) is 21.9 Å². The van der Waals surface area contributed by atoms with Crippen molar-refractivity contribution in [1.29, 1.82) is 0 Å². The minimum Gasteiger partial charge on any atom is -0.381 e. The predicted octanol–water partition coefficient (Wildman–Crippen LogP) is 1.47. The smallest absolute Gasteiger partial charge is 0.0875 e. The summed E-state index contributed by atoms with van der Waals surface area (Å²) in [5.74, 6) is 0.461. The number of aromatic nitrogens is 3. The van der Waals surface area contributed by atoms with Crippen LogP contribution in [0.2, 0.25) is 0 Å². The molecule has 1 aliphatic rings. The van der Waals surface area contributed by atoms with Crippen LogP contribution in [0.3, 0.4) is 0 Å². The van der Waals surface area contributed by atoms with Crippen LogP contribution in [0, 0.1) is 0 Å². The van der Waals surface area contributed by atoms with Crippen molar-refractivity contribution in [2.45, 2.75) is 51.5 Å². The van der Waals surface area contributed by atoms with Crippen molar-refractivity contribution in [3.8, 4) is 0 Å². The summed E-state index contributed by atoms with van der Waals surface area (Å²) >= 11 is 0. The van der Waals surface area contributed by atoms with Crippen LogP contribution in [0.1, 0.15) is 49.9 Å². The Morgan fingerprint density at radius 2 is 2.33 bits per heavy atom. The SMILES string of the molecule is CCCCCn1nnc(CCN)c1C1CCOC1. The number of aryl methyl sites for hydroxylation is 1. The summed E-state index contributed by atoms with van der Waals surface area (Å²) in [6.45, 7) is 5.48. The zero-order valence-corrected chi connectivity index (χ0v) is 11.3. The molecular weight excluding hydrogens is 228 g/mol. The normalized spacial score (nSPS) is 19.6. The minimum atomic E-state index is 0.461. The molecule has 102 valence electrons. The highest BCUT2D eigenvalue weighted by molar-refractivity contribution is 5.17. The highest BCUT2D eigenvalue weighted by atomic mass is 16.5. The molecule has 0 saturated carbocycles. The summed E-state index contributed by atoms with van der Waals surface area (Å²) in [5.41, 5.74) is 8.00. The highest BCUT2D eigenvalue weighted by Gasteiger charge is 2.25. The third-order valence-electron chi connectivity index (χ3n) is 3.52. The minimum absolute atomic E-state index is 0.461. The van der Waals surface area contributed by atoms with E-state index in [0.29, 0.717) is 12.5 Å². The molecule has 0 spiro atoms. The number of nitrogens with two attached hydrogens (primary N) is 1. The van der Waals surface area contributed by atoms with E-state index in [9.17, 15) is 0 Å². The first-order valence-electron chi connectivity index (χ1n) is 7.06.